The van der Waals surface area contributed by atoms with Crippen LogP contribution < -0.4 is 11.5 Å². The van der Waals surface area contributed by atoms with Crippen LogP contribution in [0.4, 0.5) is 0 Å². The van der Waals surface area contributed by atoms with E-state index in [1.54, 1.807) is 48.5 Å². The van der Waals surface area contributed by atoms with Gasteiger partial charge in [-0.1, -0.05) is 109 Å². The largest absolute Gasteiger partial charge is 0.379 e. The summed E-state index contributed by atoms with van der Waals surface area (Å²) in [6.07, 6.45) is 1.07. The van der Waals surface area contributed by atoms with Crippen molar-refractivity contribution in [2.45, 2.75) is 42.5 Å². The number of rotatable bonds is 8. The number of carbonyl (C=O) groups excluding carboxylic acids is 4. The first-order valence-corrected chi connectivity index (χ1v) is 17.0. The fourth-order valence-electron chi connectivity index (χ4n) is 3.46. The number of amidine groups is 2. The summed E-state index contributed by atoms with van der Waals surface area (Å²) in [6.45, 7) is 0.697. The van der Waals surface area contributed by atoms with Crippen LogP contribution in [0.2, 0.25) is 0 Å². The lowest BCUT2D eigenvalue weighted by molar-refractivity contribution is 0.0649. The van der Waals surface area contributed by atoms with Gasteiger partial charge in [-0.15, -0.1) is 34.0 Å². The molecule has 6 N–H and O–H groups in total. The zero-order valence-corrected chi connectivity index (χ0v) is 32.5. The molecule has 0 radical (unpaired) electrons. The monoisotopic (exact) mass is 988 g/mol. The molecular formula is C32H48Br4N8O4S2. The topological polar surface area (TPSA) is 222 Å². The molecule has 18 heteroatoms. The molecule has 0 saturated carbocycles. The molecule has 0 fully saturated rings. The summed E-state index contributed by atoms with van der Waals surface area (Å²) < 4.78 is 0. The van der Waals surface area contributed by atoms with Gasteiger partial charge in [0.25, 0.3) is 23.6 Å². The highest BCUT2D eigenvalue weighted by atomic mass is 79.9. The van der Waals surface area contributed by atoms with Crippen molar-refractivity contribution in [1.29, 1.82) is 21.3 Å². The Morgan fingerprint density at radius 1 is 0.620 bits per heavy atom. The predicted molar refractivity (Wildman–Crippen MR) is 228 cm³/mol. The van der Waals surface area contributed by atoms with E-state index >= 15 is 0 Å². The van der Waals surface area contributed by atoms with Crippen molar-refractivity contribution in [1.82, 2.24) is 9.80 Å². The number of nitrogens with zero attached hydrogens (tertiary/aromatic N) is 4. The van der Waals surface area contributed by atoms with E-state index in [4.69, 9.17) is 32.8 Å². The molecule has 280 valence electrons. The number of amides is 4. The molecule has 0 unspecified atom stereocenters. The van der Waals surface area contributed by atoms with Crippen LogP contribution in [-0.2, 0) is 0 Å². The molecule has 4 rings (SSSR count). The fraction of sp³-hybridized carbons (Fsp3) is 0.375. The first-order valence-electron chi connectivity index (χ1n) is 12.7. The van der Waals surface area contributed by atoms with E-state index in [1.165, 1.54) is 21.6 Å². The number of nitrogens with one attached hydrogen (secondary N) is 2. The Morgan fingerprint density at radius 2 is 0.940 bits per heavy atom. The highest BCUT2D eigenvalue weighted by Crippen LogP contribution is 2.23. The third-order valence-corrected chi connectivity index (χ3v) is 7.48. The van der Waals surface area contributed by atoms with E-state index in [0.29, 0.717) is 58.5 Å². The summed E-state index contributed by atoms with van der Waals surface area (Å²) >= 11 is 8.61. The average Bonchev–Trinajstić information content (AvgIpc) is 3.39. The quantitative estimate of drug-likeness (QED) is 0.0654. The number of fused-ring (bicyclic) bond motifs is 2. The Hall–Kier alpha value is -2.74. The Morgan fingerprint density at radius 3 is 1.20 bits per heavy atom. The number of alkyl halides is 2. The van der Waals surface area contributed by atoms with E-state index < -0.39 is 0 Å². The minimum Gasteiger partial charge on any atom is -0.379 e. The summed E-state index contributed by atoms with van der Waals surface area (Å²) in [7, 11) is 0. The van der Waals surface area contributed by atoms with Crippen LogP contribution >= 0.6 is 89.3 Å². The number of carbonyl (C=O) groups is 4. The van der Waals surface area contributed by atoms with Crippen molar-refractivity contribution in [2.24, 2.45) is 11.5 Å². The zero-order valence-electron chi connectivity index (χ0n) is 24.2. The van der Waals surface area contributed by atoms with Gasteiger partial charge < -0.3 is 11.5 Å². The molecular weight excluding hydrogens is 944 g/mol. The van der Waals surface area contributed by atoms with Crippen LogP contribution in [0.1, 0.15) is 84.0 Å². The molecule has 0 saturated heterocycles. The molecule has 0 bridgehead atoms. The molecule has 2 aromatic rings. The Labute approximate surface area is 343 Å². The molecule has 0 aliphatic carbocycles. The van der Waals surface area contributed by atoms with Crippen molar-refractivity contribution in [2.75, 3.05) is 35.3 Å². The zero-order chi connectivity index (χ0) is 33.1. The maximum absolute atomic E-state index is 11.9. The third kappa shape index (κ3) is 19.6. The lowest BCUT2D eigenvalue weighted by Gasteiger charge is -2.12. The number of halogens is 4. The third-order valence-electron chi connectivity index (χ3n) is 5.31. The van der Waals surface area contributed by atoms with Crippen molar-refractivity contribution >= 4 is 123 Å². The van der Waals surface area contributed by atoms with Gasteiger partial charge in [0.2, 0.25) is 0 Å². The van der Waals surface area contributed by atoms with Crippen LogP contribution in [0, 0.1) is 33.5 Å². The van der Waals surface area contributed by atoms with Gasteiger partial charge in [-0.05, 0) is 24.3 Å². The van der Waals surface area contributed by atoms with Gasteiger partial charge in [0, 0.05) is 48.1 Å². The number of nitrogens with two attached hydrogens (primary N) is 2. The molecule has 0 spiro atoms. The van der Waals surface area contributed by atoms with Gasteiger partial charge in [0.05, 0.1) is 34.4 Å². The van der Waals surface area contributed by atoms with Crippen LogP contribution in [-0.4, -0.2) is 79.0 Å². The lowest BCUT2D eigenvalue weighted by Crippen LogP contribution is -2.32. The number of benzene rings is 2. The molecule has 50 heavy (non-hydrogen) atoms. The molecule has 2 aliphatic rings. The molecule has 2 heterocycles. The second-order valence-corrected chi connectivity index (χ2v) is 12.1. The van der Waals surface area contributed by atoms with Crippen LogP contribution in [0.5, 0.6) is 0 Å². The average molecular weight is 993 g/mol. The second-order valence-electron chi connectivity index (χ2n) is 8.23. The molecule has 4 amide bonds. The molecule has 0 aromatic heterocycles. The van der Waals surface area contributed by atoms with Crippen LogP contribution in [0.3, 0.4) is 0 Å². The number of hydrogen-bond acceptors (Lipinski definition) is 10. The van der Waals surface area contributed by atoms with Gasteiger partial charge in [0.15, 0.2) is 10.3 Å². The van der Waals surface area contributed by atoms with E-state index in [2.05, 4.69) is 31.9 Å². The predicted octanol–water partition coefficient (Wildman–Crippen LogP) is 8.11. The Kier molecular flexibility index (Phi) is 39.7. The number of thioether (sulfide) groups is 2. The van der Waals surface area contributed by atoms with E-state index in [0.717, 1.165) is 17.1 Å². The minimum absolute atomic E-state index is 0. The minimum atomic E-state index is -0.269. The number of nitriles is 2. The van der Waals surface area contributed by atoms with Gasteiger partial charge in [-0.25, -0.2) is 0 Å². The van der Waals surface area contributed by atoms with Crippen molar-refractivity contribution < 1.29 is 19.2 Å². The smallest absolute Gasteiger partial charge is 0.261 e. The van der Waals surface area contributed by atoms with Crippen molar-refractivity contribution in [3.63, 3.8) is 0 Å². The first-order chi connectivity index (χ1) is 21.0. The maximum atomic E-state index is 11.9. The van der Waals surface area contributed by atoms with Gasteiger partial charge >= 0.3 is 0 Å². The fourth-order valence-corrected chi connectivity index (χ4v) is 4.90. The summed E-state index contributed by atoms with van der Waals surface area (Å²) in [5.74, 6) is 0.159. The SMILES string of the molecule is Br.Br.C.C.C.C.N#CCCBr.N#CCCSC(=N)N.N=C(N)SCCN1C(=O)c2ccccc2C1=O.O=C1c2ccccc2C(=O)N1CCBr. The standard InChI is InChI=1S/C11H11N3O2S.C10H8BrNO2.C4H7N3S.C3H4BrN.4CH4.2BrH/c12-11(13)17-6-5-14-9(15)7-3-1-2-4-8(7)10(14)16;11-5-6-12-9(13)7-3-1-2-4-8(7)10(12)14;5-2-1-3-8-4(6)7;4-2-1-3-5;;;;;;/h1-4H,5-6H2,(H3,12,13);1-4H,5-6H2;1,3H2,(H3,6,7);1-2H2;4*1H4;2*1H. The Balaban J connectivity index is -0.000000134. The van der Waals surface area contributed by atoms with Gasteiger partial charge in [-0.2, -0.15) is 10.5 Å². The second kappa shape index (κ2) is 33.4. The maximum Gasteiger partial charge on any atom is 0.261 e. The normalized spacial score (nSPS) is 10.8. The molecule has 2 aromatic carbocycles. The first kappa shape index (κ1) is 59.4. The highest BCUT2D eigenvalue weighted by molar-refractivity contribution is 9.09. The lowest BCUT2D eigenvalue weighted by atomic mass is 10.1. The van der Waals surface area contributed by atoms with E-state index in [9.17, 15) is 19.2 Å². The molecule has 2 aliphatic heterocycles. The van der Waals surface area contributed by atoms with E-state index in [-0.39, 0.29) is 104 Å². The van der Waals surface area contributed by atoms with E-state index in [1.807, 2.05) is 12.1 Å². The number of hydrogen-bond donors (Lipinski definition) is 4. The van der Waals surface area contributed by atoms with Crippen molar-refractivity contribution in [3.8, 4) is 12.1 Å². The molecule has 0 atom stereocenters. The van der Waals surface area contributed by atoms with Gasteiger partial charge in [-0.3, -0.25) is 39.8 Å². The van der Waals surface area contributed by atoms with Crippen molar-refractivity contribution in [3.05, 3.63) is 70.8 Å². The Bertz CT molecular complexity index is 1390. The van der Waals surface area contributed by atoms with Crippen LogP contribution in [0.15, 0.2) is 48.5 Å². The van der Waals surface area contributed by atoms with Crippen LogP contribution in [0.25, 0.3) is 0 Å². The summed E-state index contributed by atoms with van der Waals surface area (Å²) in [5.41, 5.74) is 12.1. The summed E-state index contributed by atoms with van der Waals surface area (Å²) in [5, 5.41) is 31.0. The van der Waals surface area contributed by atoms with Gasteiger partial charge in [0.1, 0.15) is 0 Å². The summed E-state index contributed by atoms with van der Waals surface area (Å²) in [6, 6.07) is 17.6. The highest BCUT2D eigenvalue weighted by Gasteiger charge is 2.35. The summed E-state index contributed by atoms with van der Waals surface area (Å²) in [4.78, 5) is 49.6. The molecule has 12 nitrogen and oxygen atoms in total. The number of imide groups is 2.